The summed E-state index contributed by atoms with van der Waals surface area (Å²) in [5, 5.41) is 9.61. The number of carboxylic acids is 1. The number of rotatable bonds is 10. The van der Waals surface area contributed by atoms with E-state index in [1.807, 2.05) is 30.3 Å². The zero-order valence-corrected chi connectivity index (χ0v) is 21.2. The number of methoxy groups -OCH3 is 2. The van der Waals surface area contributed by atoms with Crippen LogP contribution in [0.4, 0.5) is 4.39 Å². The zero-order valence-electron chi connectivity index (χ0n) is 21.2. The van der Waals surface area contributed by atoms with Crippen LogP contribution < -0.4 is 9.47 Å². The fraction of sp³-hybridized carbons (Fsp3) is 0.517. The topological polar surface area (TPSA) is 82.1 Å². The second kappa shape index (κ2) is 10.9. The maximum absolute atomic E-state index is 15.5. The molecule has 0 spiro atoms. The predicted molar refractivity (Wildman–Crippen MR) is 134 cm³/mol. The van der Waals surface area contributed by atoms with Gasteiger partial charge >= 0.3 is 11.9 Å². The molecule has 0 aromatic heterocycles. The van der Waals surface area contributed by atoms with Gasteiger partial charge in [-0.2, -0.15) is 0 Å². The van der Waals surface area contributed by atoms with Gasteiger partial charge in [0, 0.05) is 5.92 Å². The number of ether oxygens (including phenoxy) is 3. The summed E-state index contributed by atoms with van der Waals surface area (Å²) in [6.45, 7) is 1.85. The third-order valence-electron chi connectivity index (χ3n) is 7.74. The third kappa shape index (κ3) is 5.66. The van der Waals surface area contributed by atoms with E-state index in [0.717, 1.165) is 49.7 Å². The van der Waals surface area contributed by atoms with Crippen molar-refractivity contribution in [2.45, 2.75) is 63.0 Å². The van der Waals surface area contributed by atoms with Gasteiger partial charge in [-0.3, -0.25) is 0 Å². The minimum absolute atomic E-state index is 0.122. The summed E-state index contributed by atoms with van der Waals surface area (Å²) in [5.41, 5.74) is -0.167. The molecule has 0 amide bonds. The Morgan fingerprint density at radius 3 is 2.36 bits per heavy atom. The number of carboxylic acid groups (broad SMARTS) is 1. The summed E-state index contributed by atoms with van der Waals surface area (Å²) in [5.74, 6) is -0.339. The Morgan fingerprint density at radius 2 is 1.75 bits per heavy atom. The summed E-state index contributed by atoms with van der Waals surface area (Å²) >= 11 is 0. The van der Waals surface area contributed by atoms with Crippen LogP contribution in [0, 0.1) is 11.8 Å². The quantitative estimate of drug-likeness (QED) is 0.396. The Balaban J connectivity index is 1.38. The van der Waals surface area contributed by atoms with Crippen molar-refractivity contribution in [1.82, 2.24) is 0 Å². The molecular weight excluding hydrogens is 463 g/mol. The first-order valence-electron chi connectivity index (χ1n) is 12.7. The molecule has 2 aliphatic carbocycles. The first-order chi connectivity index (χ1) is 17.2. The van der Waals surface area contributed by atoms with E-state index in [1.54, 1.807) is 19.2 Å². The molecule has 1 N–H and O–H groups in total. The number of halogens is 1. The largest absolute Gasteiger partial charge is 0.497 e. The summed E-state index contributed by atoms with van der Waals surface area (Å²) in [6.07, 6.45) is 5.40. The molecule has 36 heavy (non-hydrogen) atoms. The van der Waals surface area contributed by atoms with Crippen LogP contribution in [0.15, 0.2) is 42.5 Å². The molecule has 2 fully saturated rings. The number of hydrogen-bond donors (Lipinski definition) is 1. The van der Waals surface area contributed by atoms with Gasteiger partial charge in [-0.05, 0) is 105 Å². The van der Waals surface area contributed by atoms with E-state index >= 15 is 4.39 Å². The van der Waals surface area contributed by atoms with Gasteiger partial charge in [0.25, 0.3) is 0 Å². The van der Waals surface area contributed by atoms with E-state index in [-0.39, 0.29) is 11.8 Å². The Kier molecular flexibility index (Phi) is 7.86. The standard InChI is InChI=1S/C29H35FO6/c1-29(30,28(33)35-3)26(20-11-12-20)21-5-4-6-23(15-21)36-17-18-7-9-19(10-8-18)25-16-22(34-2)13-14-24(25)27(31)32/h4-6,13-16,18-20,26H,7-12,17H2,1-3H3,(H,31,32). The van der Waals surface area contributed by atoms with Crippen molar-refractivity contribution in [3.05, 3.63) is 59.2 Å². The van der Waals surface area contributed by atoms with E-state index < -0.39 is 23.5 Å². The summed E-state index contributed by atoms with van der Waals surface area (Å²) in [4.78, 5) is 23.9. The van der Waals surface area contributed by atoms with Gasteiger partial charge in [0.15, 0.2) is 0 Å². The van der Waals surface area contributed by atoms with Crippen LogP contribution in [0.1, 0.15) is 78.8 Å². The van der Waals surface area contributed by atoms with Crippen molar-refractivity contribution in [2.24, 2.45) is 11.8 Å². The molecular formula is C29H35FO6. The van der Waals surface area contributed by atoms with E-state index in [1.165, 1.54) is 14.0 Å². The van der Waals surface area contributed by atoms with Crippen LogP contribution >= 0.6 is 0 Å². The number of aromatic carboxylic acids is 1. The molecule has 6 nitrogen and oxygen atoms in total. The van der Waals surface area contributed by atoms with Crippen LogP contribution in [-0.2, 0) is 9.53 Å². The number of esters is 1. The minimum Gasteiger partial charge on any atom is -0.497 e. The highest BCUT2D eigenvalue weighted by Crippen LogP contribution is 2.50. The van der Waals surface area contributed by atoms with Gasteiger partial charge in [0.2, 0.25) is 5.67 Å². The molecule has 7 heteroatoms. The molecule has 0 heterocycles. The molecule has 194 valence electrons. The number of carbonyl (C=O) groups is 2. The number of alkyl halides is 1. The molecule has 2 atom stereocenters. The van der Waals surface area contributed by atoms with Crippen molar-refractivity contribution >= 4 is 11.9 Å². The predicted octanol–water partition coefficient (Wildman–Crippen LogP) is 6.14. The Morgan fingerprint density at radius 1 is 1.03 bits per heavy atom. The van der Waals surface area contributed by atoms with Gasteiger partial charge in [0.05, 0.1) is 26.4 Å². The lowest BCUT2D eigenvalue weighted by Gasteiger charge is -2.30. The maximum atomic E-state index is 15.5. The molecule has 2 aliphatic rings. The molecule has 2 unspecified atom stereocenters. The lowest BCUT2D eigenvalue weighted by atomic mass is 9.77. The number of hydrogen-bond acceptors (Lipinski definition) is 5. The average molecular weight is 499 g/mol. The first kappa shape index (κ1) is 26.0. The van der Waals surface area contributed by atoms with Crippen molar-refractivity contribution in [1.29, 1.82) is 0 Å². The minimum atomic E-state index is -2.10. The normalized spacial score (nSPS) is 22.2. The summed E-state index contributed by atoms with van der Waals surface area (Å²) < 4.78 is 31.7. The van der Waals surface area contributed by atoms with Crippen molar-refractivity contribution < 1.29 is 33.3 Å². The van der Waals surface area contributed by atoms with E-state index in [9.17, 15) is 14.7 Å². The zero-order chi connectivity index (χ0) is 25.9. The molecule has 0 saturated heterocycles. The summed E-state index contributed by atoms with van der Waals surface area (Å²) in [6, 6.07) is 12.6. The van der Waals surface area contributed by atoms with Crippen molar-refractivity contribution in [2.75, 3.05) is 20.8 Å². The van der Waals surface area contributed by atoms with Crippen LogP contribution in [-0.4, -0.2) is 43.5 Å². The molecule has 2 aromatic rings. The Labute approximate surface area is 211 Å². The highest BCUT2D eigenvalue weighted by molar-refractivity contribution is 5.90. The summed E-state index contributed by atoms with van der Waals surface area (Å²) in [7, 11) is 2.80. The van der Waals surface area contributed by atoms with Crippen molar-refractivity contribution in [3.8, 4) is 11.5 Å². The fourth-order valence-corrected chi connectivity index (χ4v) is 5.64. The number of benzene rings is 2. The average Bonchev–Trinajstić information content (AvgIpc) is 3.72. The fourth-order valence-electron chi connectivity index (χ4n) is 5.64. The Hall–Kier alpha value is -3.09. The second-order valence-corrected chi connectivity index (χ2v) is 10.2. The smallest absolute Gasteiger partial charge is 0.343 e. The van der Waals surface area contributed by atoms with Crippen LogP contribution in [0.5, 0.6) is 11.5 Å². The molecule has 0 aliphatic heterocycles. The lowest BCUT2D eigenvalue weighted by Crippen LogP contribution is -2.39. The Bertz CT molecular complexity index is 1080. The molecule has 2 aromatic carbocycles. The van der Waals surface area contributed by atoms with Gasteiger partial charge in [-0.1, -0.05) is 12.1 Å². The van der Waals surface area contributed by atoms with Gasteiger partial charge < -0.3 is 19.3 Å². The third-order valence-corrected chi connectivity index (χ3v) is 7.74. The van der Waals surface area contributed by atoms with E-state index in [4.69, 9.17) is 14.2 Å². The second-order valence-electron chi connectivity index (χ2n) is 10.2. The van der Waals surface area contributed by atoms with E-state index in [0.29, 0.717) is 29.6 Å². The molecule has 4 rings (SSSR count). The molecule has 0 radical (unpaired) electrons. The highest BCUT2D eigenvalue weighted by Gasteiger charge is 2.50. The SMILES string of the molecule is COC(=O)C(C)(F)C(c1cccc(OCC2CCC(c3cc(OC)ccc3C(=O)O)CC2)c1)C1CC1. The number of carbonyl (C=O) groups excluding carboxylic acids is 1. The van der Waals surface area contributed by atoms with E-state index in [2.05, 4.69) is 0 Å². The van der Waals surface area contributed by atoms with Crippen LogP contribution in [0.2, 0.25) is 0 Å². The monoisotopic (exact) mass is 498 g/mol. The maximum Gasteiger partial charge on any atom is 0.343 e. The van der Waals surface area contributed by atoms with Crippen LogP contribution in [0.25, 0.3) is 0 Å². The van der Waals surface area contributed by atoms with Crippen molar-refractivity contribution in [3.63, 3.8) is 0 Å². The van der Waals surface area contributed by atoms with Gasteiger partial charge in [-0.15, -0.1) is 0 Å². The first-order valence-corrected chi connectivity index (χ1v) is 12.7. The highest BCUT2D eigenvalue weighted by atomic mass is 19.1. The molecule has 2 saturated carbocycles. The van der Waals surface area contributed by atoms with Crippen LogP contribution in [0.3, 0.4) is 0 Å². The van der Waals surface area contributed by atoms with Gasteiger partial charge in [-0.25, -0.2) is 14.0 Å². The molecule has 0 bridgehead atoms. The van der Waals surface area contributed by atoms with Gasteiger partial charge in [0.1, 0.15) is 11.5 Å². The lowest BCUT2D eigenvalue weighted by molar-refractivity contribution is -0.155.